The highest BCUT2D eigenvalue weighted by molar-refractivity contribution is 6.74. The zero-order valence-electron chi connectivity index (χ0n) is 23.9. The Labute approximate surface area is 223 Å². The number of rotatable bonds is 7. The molecule has 0 radical (unpaired) electrons. The number of aryl methyl sites for hydroxylation is 3. The second-order valence-corrected chi connectivity index (χ2v) is 16.6. The number of nitrogens with one attached hydrogen (secondary N) is 1. The molecule has 1 aromatic heterocycles. The summed E-state index contributed by atoms with van der Waals surface area (Å²) in [6, 6.07) is 7.42. The number of benzene rings is 1. The average Bonchev–Trinajstić information content (AvgIpc) is 2.84. The van der Waals surface area contributed by atoms with Gasteiger partial charge in [-0.25, -0.2) is 9.78 Å². The maximum absolute atomic E-state index is 13.3. The van der Waals surface area contributed by atoms with Gasteiger partial charge in [0.15, 0.2) is 8.32 Å². The van der Waals surface area contributed by atoms with E-state index in [9.17, 15) is 9.59 Å². The highest BCUT2D eigenvalue weighted by Crippen LogP contribution is 2.37. The van der Waals surface area contributed by atoms with Crippen molar-refractivity contribution in [3.05, 3.63) is 52.2 Å². The molecule has 1 aromatic carbocycles. The molecule has 1 atom stereocenters. The summed E-state index contributed by atoms with van der Waals surface area (Å²) in [7, 11) is -0.436. The number of piperidine rings is 1. The first-order valence-corrected chi connectivity index (χ1v) is 16.0. The molecule has 0 saturated carbocycles. The van der Waals surface area contributed by atoms with Crippen molar-refractivity contribution in [2.75, 3.05) is 37.0 Å². The lowest BCUT2D eigenvalue weighted by Gasteiger charge is -2.39. The molecule has 2 aromatic rings. The minimum atomic E-state index is -1.79. The van der Waals surface area contributed by atoms with Gasteiger partial charge >= 0.3 is 5.97 Å². The van der Waals surface area contributed by atoms with E-state index in [1.54, 1.807) is 12.1 Å². The van der Waals surface area contributed by atoms with Crippen LogP contribution in [0, 0.1) is 26.7 Å². The number of esters is 1. The van der Waals surface area contributed by atoms with E-state index in [1.807, 2.05) is 32.9 Å². The number of hydrogen-bond donors (Lipinski definition) is 1. The number of amides is 1. The Kier molecular flexibility index (Phi) is 8.85. The quantitative estimate of drug-likeness (QED) is 0.338. The first-order chi connectivity index (χ1) is 17.2. The van der Waals surface area contributed by atoms with Gasteiger partial charge in [-0.1, -0.05) is 26.8 Å². The van der Waals surface area contributed by atoms with Crippen LogP contribution in [0.5, 0.6) is 0 Å². The molecule has 1 amide bonds. The Morgan fingerprint density at radius 1 is 1.11 bits per heavy atom. The maximum Gasteiger partial charge on any atom is 0.337 e. The van der Waals surface area contributed by atoms with Gasteiger partial charge in [-0.2, -0.15) is 0 Å². The second kappa shape index (κ2) is 11.4. The van der Waals surface area contributed by atoms with Crippen LogP contribution < -0.4 is 10.2 Å². The van der Waals surface area contributed by atoms with Gasteiger partial charge < -0.3 is 19.4 Å². The molecular weight excluding hydrogens is 482 g/mol. The SMILES string of the molecule is COC(=O)c1cc(C)c(NC(=O)c2nc(N3CCCC(CO[Si](C)(C)C(C)(C)C)C3)ccc2C)c(C)c1. The molecule has 1 fully saturated rings. The predicted molar refractivity (Wildman–Crippen MR) is 152 cm³/mol. The van der Waals surface area contributed by atoms with Crippen molar-refractivity contribution >= 4 is 31.7 Å². The topological polar surface area (TPSA) is 80.8 Å². The Bertz CT molecular complexity index is 1130. The third kappa shape index (κ3) is 6.79. The molecule has 1 unspecified atom stereocenters. The van der Waals surface area contributed by atoms with Crippen molar-refractivity contribution in [1.29, 1.82) is 0 Å². The average molecular weight is 526 g/mol. The summed E-state index contributed by atoms with van der Waals surface area (Å²) >= 11 is 0. The summed E-state index contributed by atoms with van der Waals surface area (Å²) in [5, 5.41) is 3.22. The van der Waals surface area contributed by atoms with Crippen LogP contribution in [-0.2, 0) is 9.16 Å². The van der Waals surface area contributed by atoms with Crippen LogP contribution in [-0.4, -0.2) is 52.0 Å². The van der Waals surface area contributed by atoms with Crippen LogP contribution in [0.2, 0.25) is 18.1 Å². The van der Waals surface area contributed by atoms with E-state index < -0.39 is 14.3 Å². The van der Waals surface area contributed by atoms with Crippen molar-refractivity contribution in [3.63, 3.8) is 0 Å². The molecule has 37 heavy (non-hydrogen) atoms. The number of anilines is 2. The number of nitrogens with zero attached hydrogens (tertiary/aromatic N) is 2. The van der Waals surface area contributed by atoms with Gasteiger partial charge in [0.05, 0.1) is 12.7 Å². The highest BCUT2D eigenvalue weighted by Gasteiger charge is 2.38. The summed E-state index contributed by atoms with van der Waals surface area (Å²) in [6.07, 6.45) is 2.22. The van der Waals surface area contributed by atoms with Crippen molar-refractivity contribution in [1.82, 2.24) is 4.98 Å². The largest absolute Gasteiger partial charge is 0.465 e. The molecule has 0 aliphatic carbocycles. The lowest BCUT2D eigenvalue weighted by Crippen LogP contribution is -2.44. The number of carbonyl (C=O) groups excluding carboxylic acids is 2. The lowest BCUT2D eigenvalue weighted by molar-refractivity contribution is 0.0600. The van der Waals surface area contributed by atoms with E-state index in [-0.39, 0.29) is 10.9 Å². The molecule has 1 aliphatic rings. The maximum atomic E-state index is 13.3. The fraction of sp³-hybridized carbons (Fsp3) is 0.552. The molecule has 202 valence electrons. The van der Waals surface area contributed by atoms with Crippen LogP contribution >= 0.6 is 0 Å². The Hall–Kier alpha value is -2.71. The summed E-state index contributed by atoms with van der Waals surface area (Å²) in [6.45, 7) is 19.6. The molecule has 7 nitrogen and oxygen atoms in total. The summed E-state index contributed by atoms with van der Waals surface area (Å²) in [5.41, 5.74) is 3.96. The van der Waals surface area contributed by atoms with E-state index in [0.29, 0.717) is 22.9 Å². The Balaban J connectivity index is 1.75. The van der Waals surface area contributed by atoms with E-state index in [0.717, 1.165) is 55.0 Å². The predicted octanol–water partition coefficient (Wildman–Crippen LogP) is 6.28. The van der Waals surface area contributed by atoms with Crippen molar-refractivity contribution in [3.8, 4) is 0 Å². The van der Waals surface area contributed by atoms with E-state index >= 15 is 0 Å². The van der Waals surface area contributed by atoms with Gasteiger partial charge in [0.1, 0.15) is 11.5 Å². The monoisotopic (exact) mass is 525 g/mol. The zero-order valence-corrected chi connectivity index (χ0v) is 24.9. The molecular formula is C29H43N3O4Si. The summed E-state index contributed by atoms with van der Waals surface area (Å²) in [4.78, 5) is 32.3. The minimum absolute atomic E-state index is 0.193. The first-order valence-electron chi connectivity index (χ1n) is 13.1. The van der Waals surface area contributed by atoms with Crippen LogP contribution in [0.4, 0.5) is 11.5 Å². The van der Waals surface area contributed by atoms with Crippen LogP contribution in [0.25, 0.3) is 0 Å². The van der Waals surface area contributed by atoms with E-state index in [2.05, 4.69) is 44.1 Å². The standard InChI is InChI=1S/C29H43N3O4Si/c1-19-12-13-24(32-14-10-11-22(17-32)18-36-37(8,9)29(4,5)6)30-26(19)27(33)31-25-20(2)15-23(16-21(25)3)28(34)35-7/h12-13,15-16,22H,10-11,14,17-18H2,1-9H3,(H,31,33). The van der Waals surface area contributed by atoms with Gasteiger partial charge in [-0.15, -0.1) is 0 Å². The second-order valence-electron chi connectivity index (χ2n) is 11.8. The van der Waals surface area contributed by atoms with Gasteiger partial charge in [-0.3, -0.25) is 4.79 Å². The van der Waals surface area contributed by atoms with Crippen LogP contribution in [0.1, 0.15) is 71.1 Å². The van der Waals surface area contributed by atoms with Gasteiger partial charge in [0, 0.05) is 25.4 Å². The Morgan fingerprint density at radius 2 is 1.76 bits per heavy atom. The molecule has 0 bridgehead atoms. The normalized spacial score (nSPS) is 16.5. The van der Waals surface area contributed by atoms with Gasteiger partial charge in [0.25, 0.3) is 5.91 Å². The summed E-state index contributed by atoms with van der Waals surface area (Å²) in [5.74, 6) is 0.610. The molecule has 1 N–H and O–H groups in total. The molecule has 3 rings (SSSR count). The molecule has 8 heteroatoms. The van der Waals surface area contributed by atoms with Crippen LogP contribution in [0.3, 0.4) is 0 Å². The number of methoxy groups -OCH3 is 1. The van der Waals surface area contributed by atoms with Crippen LogP contribution in [0.15, 0.2) is 24.3 Å². The number of aromatic nitrogens is 1. The smallest absolute Gasteiger partial charge is 0.337 e. The third-order valence-corrected chi connectivity index (χ3v) is 12.3. The molecule has 1 saturated heterocycles. The fourth-order valence-corrected chi connectivity index (χ4v) is 5.53. The fourth-order valence-electron chi connectivity index (χ4n) is 4.45. The van der Waals surface area contributed by atoms with Gasteiger partial charge in [0.2, 0.25) is 0 Å². The van der Waals surface area contributed by atoms with E-state index in [4.69, 9.17) is 14.1 Å². The third-order valence-electron chi connectivity index (χ3n) is 7.82. The first kappa shape index (κ1) is 28.9. The number of pyridine rings is 1. The number of carbonyl (C=O) groups is 2. The minimum Gasteiger partial charge on any atom is -0.465 e. The number of ether oxygens (including phenoxy) is 1. The zero-order chi connectivity index (χ0) is 27.5. The van der Waals surface area contributed by atoms with E-state index in [1.165, 1.54) is 7.11 Å². The van der Waals surface area contributed by atoms with Crippen molar-refractivity contribution < 1.29 is 18.8 Å². The molecule has 2 heterocycles. The molecule has 0 spiro atoms. The summed E-state index contributed by atoms with van der Waals surface area (Å²) < 4.78 is 11.3. The Morgan fingerprint density at radius 3 is 2.35 bits per heavy atom. The number of hydrogen-bond acceptors (Lipinski definition) is 6. The van der Waals surface area contributed by atoms with Gasteiger partial charge in [-0.05, 0) is 92.6 Å². The highest BCUT2D eigenvalue weighted by atomic mass is 28.4. The lowest BCUT2D eigenvalue weighted by atomic mass is 9.99. The van der Waals surface area contributed by atoms with Crippen molar-refractivity contribution in [2.24, 2.45) is 5.92 Å². The van der Waals surface area contributed by atoms with Crippen molar-refractivity contribution in [2.45, 2.75) is 72.5 Å². The molecule has 1 aliphatic heterocycles.